The zero-order valence-electron chi connectivity index (χ0n) is 21.4. The maximum Gasteiger partial charge on any atom is 0.408 e. The van der Waals surface area contributed by atoms with E-state index in [2.05, 4.69) is 10.6 Å². The average molecular weight is 477 g/mol. The molecule has 1 aromatic rings. The highest BCUT2D eigenvalue weighted by molar-refractivity contribution is 5.94. The first-order valence-electron chi connectivity index (χ1n) is 11.7. The van der Waals surface area contributed by atoms with E-state index in [9.17, 15) is 19.2 Å². The summed E-state index contributed by atoms with van der Waals surface area (Å²) in [4.78, 5) is 52.6. The first kappa shape index (κ1) is 28.9. The summed E-state index contributed by atoms with van der Waals surface area (Å²) in [5, 5.41) is 5.35. The Kier molecular flexibility index (Phi) is 11.0. The molecular formula is C25H40N4O5. The number of carbonyl (C=O) groups is 4. The van der Waals surface area contributed by atoms with Crippen LogP contribution in [0.15, 0.2) is 24.3 Å². The highest BCUT2D eigenvalue weighted by atomic mass is 16.6. The molecule has 0 spiro atoms. The zero-order valence-corrected chi connectivity index (χ0v) is 21.4. The van der Waals surface area contributed by atoms with Gasteiger partial charge in [0.05, 0.1) is 6.42 Å². The molecular weight excluding hydrogens is 436 g/mol. The lowest BCUT2D eigenvalue weighted by atomic mass is 10.00. The molecule has 0 heterocycles. The molecule has 2 atom stereocenters. The number of hydrogen-bond donors (Lipinski definition) is 3. The Morgan fingerprint density at radius 1 is 1.06 bits per heavy atom. The third-order valence-corrected chi connectivity index (χ3v) is 4.81. The van der Waals surface area contributed by atoms with Crippen LogP contribution in [0.5, 0.6) is 0 Å². The van der Waals surface area contributed by atoms with Crippen LogP contribution in [-0.4, -0.2) is 52.9 Å². The summed E-state index contributed by atoms with van der Waals surface area (Å²) in [5.41, 5.74) is 6.22. The smallest absolute Gasteiger partial charge is 0.408 e. The number of alkyl carbamates (subject to hydrolysis) is 1. The zero-order chi connectivity index (χ0) is 26.1. The number of hydrogen-bond acceptors (Lipinski definition) is 5. The van der Waals surface area contributed by atoms with Gasteiger partial charge in [-0.3, -0.25) is 14.4 Å². The molecule has 2 unspecified atom stereocenters. The Hall–Kier alpha value is -3.10. The van der Waals surface area contributed by atoms with Gasteiger partial charge in [0.15, 0.2) is 0 Å². The van der Waals surface area contributed by atoms with Crippen LogP contribution in [0.2, 0.25) is 0 Å². The molecule has 4 N–H and O–H groups in total. The molecule has 0 aromatic heterocycles. The van der Waals surface area contributed by atoms with Crippen LogP contribution in [0, 0.1) is 6.92 Å². The molecule has 0 aliphatic carbocycles. The van der Waals surface area contributed by atoms with Gasteiger partial charge in [0.1, 0.15) is 17.7 Å². The van der Waals surface area contributed by atoms with E-state index in [4.69, 9.17) is 10.5 Å². The van der Waals surface area contributed by atoms with Crippen LogP contribution in [0.1, 0.15) is 78.0 Å². The van der Waals surface area contributed by atoms with Gasteiger partial charge in [-0.15, -0.1) is 0 Å². The van der Waals surface area contributed by atoms with E-state index in [1.54, 1.807) is 32.9 Å². The molecule has 0 aliphatic heterocycles. The summed E-state index contributed by atoms with van der Waals surface area (Å²) in [6, 6.07) is 4.97. The topological polar surface area (TPSA) is 131 Å². The van der Waals surface area contributed by atoms with E-state index in [-0.39, 0.29) is 18.5 Å². The Morgan fingerprint density at radius 3 is 2.12 bits per heavy atom. The van der Waals surface area contributed by atoms with Gasteiger partial charge in [0.25, 0.3) is 0 Å². The second kappa shape index (κ2) is 13.0. The average Bonchev–Trinajstić information content (AvgIpc) is 2.68. The van der Waals surface area contributed by atoms with Crippen molar-refractivity contribution in [2.75, 3.05) is 6.54 Å². The molecule has 1 aromatic carbocycles. The summed E-state index contributed by atoms with van der Waals surface area (Å²) in [7, 11) is 0. The van der Waals surface area contributed by atoms with Gasteiger partial charge >= 0.3 is 6.09 Å². The Morgan fingerprint density at radius 2 is 1.65 bits per heavy atom. The molecule has 0 bridgehead atoms. The lowest BCUT2D eigenvalue weighted by Gasteiger charge is -2.34. The number of carbonyl (C=O) groups excluding carboxylic acids is 4. The van der Waals surface area contributed by atoms with E-state index in [0.717, 1.165) is 12.0 Å². The summed E-state index contributed by atoms with van der Waals surface area (Å²) in [6.45, 7) is 12.9. The van der Waals surface area contributed by atoms with Crippen molar-refractivity contribution in [3.63, 3.8) is 0 Å². The number of unbranched alkanes of at least 4 members (excludes halogenated alkanes) is 1. The highest BCUT2D eigenvalue weighted by Gasteiger charge is 2.36. The van der Waals surface area contributed by atoms with E-state index >= 15 is 0 Å². The number of nitrogens with one attached hydrogen (secondary N) is 2. The third kappa shape index (κ3) is 9.80. The summed E-state index contributed by atoms with van der Waals surface area (Å²) in [6.07, 6.45) is 0.128. The van der Waals surface area contributed by atoms with Crippen LogP contribution in [-0.2, 0) is 19.1 Å². The molecule has 0 fully saturated rings. The van der Waals surface area contributed by atoms with Crippen molar-refractivity contribution < 1.29 is 23.9 Å². The number of nitrogens with two attached hydrogens (primary N) is 1. The fourth-order valence-electron chi connectivity index (χ4n) is 3.33. The Bertz CT molecular complexity index is 846. The van der Waals surface area contributed by atoms with Crippen molar-refractivity contribution in [3.05, 3.63) is 35.4 Å². The van der Waals surface area contributed by atoms with Gasteiger partial charge in [-0.1, -0.05) is 43.2 Å². The number of rotatable bonds is 11. The second-order valence-corrected chi connectivity index (χ2v) is 9.73. The molecule has 9 nitrogen and oxygen atoms in total. The van der Waals surface area contributed by atoms with Gasteiger partial charge in [0.2, 0.25) is 17.7 Å². The van der Waals surface area contributed by atoms with Crippen molar-refractivity contribution >= 4 is 23.8 Å². The minimum atomic E-state index is -1.27. The van der Waals surface area contributed by atoms with Crippen LogP contribution in [0.25, 0.3) is 0 Å². The fraction of sp³-hybridized carbons (Fsp3) is 0.600. The van der Waals surface area contributed by atoms with Gasteiger partial charge in [-0.05, 0) is 53.5 Å². The molecule has 34 heavy (non-hydrogen) atoms. The molecule has 0 saturated carbocycles. The molecule has 4 amide bonds. The maximum atomic E-state index is 13.7. The van der Waals surface area contributed by atoms with E-state index in [1.165, 1.54) is 4.90 Å². The molecule has 1 rings (SSSR count). The van der Waals surface area contributed by atoms with Gasteiger partial charge in [0, 0.05) is 12.6 Å². The minimum Gasteiger partial charge on any atom is -0.444 e. The van der Waals surface area contributed by atoms with E-state index in [0.29, 0.717) is 12.0 Å². The number of benzene rings is 1. The van der Waals surface area contributed by atoms with E-state index in [1.807, 2.05) is 39.8 Å². The normalized spacial score (nSPS) is 13.1. The molecule has 0 aliphatic rings. The number of aryl methyl sites for hydroxylation is 1. The second-order valence-electron chi connectivity index (χ2n) is 9.73. The number of nitrogens with zero attached hydrogens (tertiary/aromatic N) is 1. The van der Waals surface area contributed by atoms with Gasteiger partial charge in [-0.25, -0.2) is 4.79 Å². The first-order chi connectivity index (χ1) is 15.7. The quantitative estimate of drug-likeness (QED) is 0.452. The SMILES string of the molecule is CCCCN(C(=O)C(CC(N)=O)NC(=O)OC(C)(C)C)C(C(=O)NC(C)C)c1ccc(C)cc1. The van der Waals surface area contributed by atoms with Crippen LogP contribution in [0.4, 0.5) is 4.79 Å². The van der Waals surface area contributed by atoms with Crippen molar-refractivity contribution in [2.24, 2.45) is 5.73 Å². The fourth-order valence-corrected chi connectivity index (χ4v) is 3.33. The highest BCUT2D eigenvalue weighted by Crippen LogP contribution is 2.24. The Balaban J connectivity index is 3.44. The molecule has 0 saturated heterocycles. The van der Waals surface area contributed by atoms with Crippen molar-refractivity contribution in [3.8, 4) is 0 Å². The molecule has 190 valence electrons. The number of primary amides is 1. The lowest BCUT2D eigenvalue weighted by Crippen LogP contribution is -2.54. The standard InChI is InChI=1S/C25H40N4O5/c1-8-9-14-29(21(22(31)27-16(2)3)18-12-10-17(4)11-13-18)23(32)19(15-20(26)30)28-24(33)34-25(5,6)7/h10-13,16,19,21H,8-9,14-15H2,1-7H3,(H2,26,30)(H,27,31)(H,28,33). The monoisotopic (exact) mass is 476 g/mol. The summed E-state index contributed by atoms with van der Waals surface area (Å²) in [5.74, 6) is -1.69. The number of amides is 4. The van der Waals surface area contributed by atoms with Crippen LogP contribution < -0.4 is 16.4 Å². The largest absolute Gasteiger partial charge is 0.444 e. The summed E-state index contributed by atoms with van der Waals surface area (Å²) < 4.78 is 5.27. The molecule has 9 heteroatoms. The van der Waals surface area contributed by atoms with Crippen molar-refractivity contribution in [1.82, 2.24) is 15.5 Å². The third-order valence-electron chi connectivity index (χ3n) is 4.81. The van der Waals surface area contributed by atoms with Gasteiger partial charge in [-0.2, -0.15) is 0 Å². The van der Waals surface area contributed by atoms with Crippen molar-refractivity contribution in [2.45, 2.75) is 91.5 Å². The molecule has 0 radical (unpaired) electrons. The van der Waals surface area contributed by atoms with E-state index < -0.39 is 42.0 Å². The van der Waals surface area contributed by atoms with Gasteiger partial charge < -0.3 is 26.0 Å². The number of ether oxygens (including phenoxy) is 1. The maximum absolute atomic E-state index is 13.7. The summed E-state index contributed by atoms with van der Waals surface area (Å²) >= 11 is 0. The predicted octanol–water partition coefficient (Wildman–Crippen LogP) is 2.96. The lowest BCUT2D eigenvalue weighted by molar-refractivity contribution is -0.143. The van der Waals surface area contributed by atoms with Crippen LogP contribution >= 0.6 is 0 Å². The Labute approximate surface area is 202 Å². The first-order valence-corrected chi connectivity index (χ1v) is 11.7. The van der Waals surface area contributed by atoms with Crippen molar-refractivity contribution in [1.29, 1.82) is 0 Å². The predicted molar refractivity (Wildman–Crippen MR) is 131 cm³/mol. The minimum absolute atomic E-state index is 0.148. The van der Waals surface area contributed by atoms with Crippen LogP contribution in [0.3, 0.4) is 0 Å².